The van der Waals surface area contributed by atoms with E-state index in [9.17, 15) is 18.3 Å². The van der Waals surface area contributed by atoms with Gasteiger partial charge in [0.1, 0.15) is 17.7 Å². The van der Waals surface area contributed by atoms with E-state index in [1.807, 2.05) is 38.1 Å². The number of rotatable bonds is 6. The lowest BCUT2D eigenvalue weighted by Crippen LogP contribution is -2.37. The first kappa shape index (κ1) is 27.7. The van der Waals surface area contributed by atoms with Gasteiger partial charge in [-0.25, -0.2) is 9.97 Å². The second-order valence-corrected chi connectivity index (χ2v) is 11.1. The van der Waals surface area contributed by atoms with Crippen LogP contribution in [0.4, 0.5) is 36.4 Å². The van der Waals surface area contributed by atoms with Gasteiger partial charge in [-0.05, 0) is 36.2 Å². The van der Waals surface area contributed by atoms with Crippen molar-refractivity contribution in [1.29, 1.82) is 0 Å². The summed E-state index contributed by atoms with van der Waals surface area (Å²) in [4.78, 5) is 17.7. The van der Waals surface area contributed by atoms with Crippen LogP contribution in [0, 0.1) is 0 Å². The van der Waals surface area contributed by atoms with Crippen molar-refractivity contribution < 1.29 is 27.8 Å². The maximum atomic E-state index is 13.8. The fraction of sp³-hybridized carbons (Fsp3) is 0.483. The van der Waals surface area contributed by atoms with Gasteiger partial charge in [-0.15, -0.1) is 0 Å². The zero-order valence-electron chi connectivity index (χ0n) is 23.0. The average Bonchev–Trinajstić information content (AvgIpc) is 3.75. The number of aromatic nitrogens is 3. The number of pyridine rings is 1. The van der Waals surface area contributed by atoms with Gasteiger partial charge in [0.25, 0.3) is 0 Å². The van der Waals surface area contributed by atoms with Crippen molar-refractivity contribution >= 4 is 23.3 Å². The van der Waals surface area contributed by atoms with Gasteiger partial charge in [-0.3, -0.25) is 0 Å². The quantitative estimate of drug-likeness (QED) is 0.425. The van der Waals surface area contributed by atoms with Crippen LogP contribution in [0.3, 0.4) is 0 Å². The number of nitrogens with one attached hydrogen (secondary N) is 1. The molecule has 41 heavy (non-hydrogen) atoms. The molecule has 6 rings (SSSR count). The van der Waals surface area contributed by atoms with Gasteiger partial charge in [0.05, 0.1) is 24.5 Å². The molecule has 5 heterocycles. The highest BCUT2D eigenvalue weighted by molar-refractivity contribution is 5.63. The highest BCUT2D eigenvalue weighted by Crippen LogP contribution is 2.40. The Morgan fingerprint density at radius 2 is 1.66 bits per heavy atom. The number of hydrogen-bond donors (Lipinski definition) is 2. The maximum absolute atomic E-state index is 13.8. The molecule has 3 aromatic rings. The summed E-state index contributed by atoms with van der Waals surface area (Å²) in [5.74, 6) is 1.16. The lowest BCUT2D eigenvalue weighted by atomic mass is 9.81. The highest BCUT2D eigenvalue weighted by atomic mass is 19.4. The summed E-state index contributed by atoms with van der Waals surface area (Å²) in [5, 5.41) is 13.2. The van der Waals surface area contributed by atoms with Crippen molar-refractivity contribution in [2.24, 2.45) is 0 Å². The molecule has 3 aliphatic rings. The fourth-order valence-electron chi connectivity index (χ4n) is 5.59. The van der Waals surface area contributed by atoms with Crippen LogP contribution in [0.15, 0.2) is 42.6 Å². The van der Waals surface area contributed by atoms with E-state index in [4.69, 9.17) is 19.4 Å². The number of anilines is 4. The van der Waals surface area contributed by atoms with Gasteiger partial charge in [0, 0.05) is 55.5 Å². The van der Waals surface area contributed by atoms with E-state index >= 15 is 0 Å². The Bertz CT molecular complexity index is 1400. The Kier molecular flexibility index (Phi) is 7.25. The van der Waals surface area contributed by atoms with Crippen LogP contribution in [0.5, 0.6) is 0 Å². The summed E-state index contributed by atoms with van der Waals surface area (Å²) in [6.45, 7) is 7.24. The minimum absolute atomic E-state index is 0.0633. The number of fused-ring (bicyclic) bond motifs is 1. The Labute approximate surface area is 236 Å². The molecule has 0 radical (unpaired) electrons. The molecule has 0 bridgehead atoms. The van der Waals surface area contributed by atoms with Gasteiger partial charge in [-0.1, -0.05) is 26.0 Å². The number of alkyl halides is 3. The molecule has 0 aliphatic carbocycles. The number of morpholine rings is 1. The number of ether oxygens (including phenoxy) is 2. The molecule has 12 heteroatoms. The van der Waals surface area contributed by atoms with Crippen molar-refractivity contribution in [2.45, 2.75) is 50.7 Å². The number of aliphatic hydroxyl groups excluding tert-OH is 1. The summed E-state index contributed by atoms with van der Waals surface area (Å²) in [7, 11) is 0. The molecule has 1 aromatic carbocycles. The number of aliphatic hydroxyl groups is 1. The molecule has 3 aliphatic heterocycles. The molecular weight excluding hydrogens is 537 g/mol. The highest BCUT2D eigenvalue weighted by Gasteiger charge is 2.49. The molecule has 0 amide bonds. The van der Waals surface area contributed by atoms with Crippen molar-refractivity contribution in [3.8, 4) is 0 Å². The SMILES string of the molecule is CC(C)(c1ccc(Nc2nc(N3CCOCC3)nc3c2CCN(c2ncccc2C(F)(F)F)CC3)cc1)C1OC1O. The first-order chi connectivity index (χ1) is 19.6. The summed E-state index contributed by atoms with van der Waals surface area (Å²) in [5.41, 5.74) is 2.46. The van der Waals surface area contributed by atoms with Crippen molar-refractivity contribution in [1.82, 2.24) is 15.0 Å². The fourth-order valence-corrected chi connectivity index (χ4v) is 5.59. The minimum Gasteiger partial charge on any atom is -0.378 e. The Balaban J connectivity index is 1.30. The van der Waals surface area contributed by atoms with Crippen LogP contribution < -0.4 is 15.1 Å². The standard InChI is InChI=1S/C29H33F3N6O3/c1-28(2,23-26(39)41-23)18-5-7-19(8-6-18)34-24-20-9-12-37(25-21(29(30,31)32)4-3-11-33-25)13-10-22(20)35-27(36-24)38-14-16-40-17-15-38/h3-8,11,23,26,39H,9-10,12-17H2,1-2H3,(H,34,35,36). The first-order valence-corrected chi connectivity index (χ1v) is 13.8. The van der Waals surface area contributed by atoms with Gasteiger partial charge in [0.15, 0.2) is 6.29 Å². The van der Waals surface area contributed by atoms with Crippen LogP contribution in [0.25, 0.3) is 0 Å². The molecule has 0 spiro atoms. The normalized spacial score (nSPS) is 21.3. The number of halogens is 3. The Hall–Kier alpha value is -3.48. The second kappa shape index (κ2) is 10.7. The molecule has 9 nitrogen and oxygen atoms in total. The van der Waals surface area contributed by atoms with Crippen LogP contribution in [0.2, 0.25) is 0 Å². The molecule has 2 unspecified atom stereocenters. The van der Waals surface area contributed by atoms with E-state index in [1.54, 1.807) is 4.90 Å². The lowest BCUT2D eigenvalue weighted by Gasteiger charge is -2.28. The third-order valence-electron chi connectivity index (χ3n) is 8.09. The first-order valence-electron chi connectivity index (χ1n) is 13.8. The van der Waals surface area contributed by atoms with Crippen LogP contribution in [-0.4, -0.2) is 71.8 Å². The molecule has 2 fully saturated rings. The summed E-state index contributed by atoms with van der Waals surface area (Å²) in [6, 6.07) is 10.3. The van der Waals surface area contributed by atoms with E-state index < -0.39 is 18.0 Å². The number of hydrogen-bond acceptors (Lipinski definition) is 9. The lowest BCUT2D eigenvalue weighted by molar-refractivity contribution is -0.137. The van der Waals surface area contributed by atoms with Gasteiger partial charge in [-0.2, -0.15) is 18.2 Å². The summed E-state index contributed by atoms with van der Waals surface area (Å²) in [6.07, 6.45) is -3.17. The topological polar surface area (TPSA) is 99.2 Å². The zero-order valence-corrected chi connectivity index (χ0v) is 23.0. The maximum Gasteiger partial charge on any atom is 0.419 e. The van der Waals surface area contributed by atoms with Gasteiger partial charge >= 0.3 is 6.18 Å². The molecule has 2 aromatic heterocycles. The molecule has 2 saturated heterocycles. The predicted octanol–water partition coefficient (Wildman–Crippen LogP) is 4.07. The molecule has 2 atom stereocenters. The second-order valence-electron chi connectivity index (χ2n) is 11.1. The van der Waals surface area contributed by atoms with Crippen molar-refractivity contribution in [2.75, 3.05) is 54.5 Å². The number of nitrogens with zero attached hydrogens (tertiary/aromatic N) is 5. The molecular formula is C29H33F3N6O3. The Morgan fingerprint density at radius 3 is 2.34 bits per heavy atom. The summed E-state index contributed by atoms with van der Waals surface area (Å²) < 4.78 is 52.1. The number of benzene rings is 1. The third-order valence-corrected chi connectivity index (χ3v) is 8.09. The smallest absolute Gasteiger partial charge is 0.378 e. The van der Waals surface area contributed by atoms with Crippen LogP contribution in [0.1, 0.15) is 36.2 Å². The van der Waals surface area contributed by atoms with E-state index in [1.165, 1.54) is 12.3 Å². The average molecular weight is 571 g/mol. The number of epoxide rings is 1. The molecule has 2 N–H and O–H groups in total. The van der Waals surface area contributed by atoms with E-state index in [0.29, 0.717) is 64.0 Å². The minimum atomic E-state index is -4.50. The van der Waals surface area contributed by atoms with Gasteiger partial charge in [0.2, 0.25) is 5.95 Å². The zero-order chi connectivity index (χ0) is 28.8. The van der Waals surface area contributed by atoms with E-state index in [-0.39, 0.29) is 17.3 Å². The van der Waals surface area contributed by atoms with Gasteiger partial charge < -0.3 is 29.7 Å². The van der Waals surface area contributed by atoms with Crippen molar-refractivity contribution in [3.63, 3.8) is 0 Å². The van der Waals surface area contributed by atoms with E-state index in [2.05, 4.69) is 15.2 Å². The van der Waals surface area contributed by atoms with Crippen molar-refractivity contribution in [3.05, 3.63) is 65.0 Å². The predicted molar refractivity (Wildman–Crippen MR) is 148 cm³/mol. The molecule has 218 valence electrons. The third kappa shape index (κ3) is 5.68. The Morgan fingerprint density at radius 1 is 0.951 bits per heavy atom. The monoisotopic (exact) mass is 570 g/mol. The van der Waals surface area contributed by atoms with Crippen LogP contribution >= 0.6 is 0 Å². The van der Waals surface area contributed by atoms with E-state index in [0.717, 1.165) is 28.6 Å². The summed E-state index contributed by atoms with van der Waals surface area (Å²) >= 11 is 0. The largest absolute Gasteiger partial charge is 0.419 e. The molecule has 0 saturated carbocycles. The van der Waals surface area contributed by atoms with Crippen LogP contribution in [-0.2, 0) is 33.9 Å².